The molecular formula is C27H27NO5. The third kappa shape index (κ3) is 4.55. The van der Waals surface area contributed by atoms with Crippen LogP contribution in [-0.2, 0) is 17.6 Å². The summed E-state index contributed by atoms with van der Waals surface area (Å²) in [6.07, 6.45) is 0.110. The van der Waals surface area contributed by atoms with Gasteiger partial charge in [-0.3, -0.25) is 4.79 Å². The van der Waals surface area contributed by atoms with Crippen molar-refractivity contribution in [3.05, 3.63) is 94.5 Å². The van der Waals surface area contributed by atoms with Crippen molar-refractivity contribution in [2.75, 3.05) is 7.11 Å². The highest BCUT2D eigenvalue weighted by atomic mass is 16.5. The highest BCUT2D eigenvalue weighted by Crippen LogP contribution is 2.33. The summed E-state index contributed by atoms with van der Waals surface area (Å²) < 4.78 is 11.6. The lowest BCUT2D eigenvalue weighted by atomic mass is 9.94. The fraction of sp³-hybridized carbons (Fsp3) is 0.259. The van der Waals surface area contributed by atoms with Crippen molar-refractivity contribution in [2.24, 2.45) is 0 Å². The predicted molar refractivity (Wildman–Crippen MR) is 125 cm³/mol. The third-order valence-corrected chi connectivity index (χ3v) is 6.10. The number of nitrogens with one attached hydrogen (secondary N) is 1. The Labute approximate surface area is 193 Å². The second-order valence-electron chi connectivity index (χ2n) is 8.50. The molecule has 0 heterocycles. The summed E-state index contributed by atoms with van der Waals surface area (Å²) in [7, 11) is 1.56. The Morgan fingerprint density at radius 3 is 2.30 bits per heavy atom. The Bertz CT molecular complexity index is 1180. The lowest BCUT2D eigenvalue weighted by Gasteiger charge is -2.26. The minimum atomic E-state index is -1.37. The van der Waals surface area contributed by atoms with Crippen LogP contribution in [0.2, 0.25) is 0 Å². The maximum absolute atomic E-state index is 13.2. The zero-order valence-electron chi connectivity index (χ0n) is 18.9. The van der Waals surface area contributed by atoms with Gasteiger partial charge in [0.2, 0.25) is 0 Å². The summed E-state index contributed by atoms with van der Waals surface area (Å²) in [4.78, 5) is 25.4. The van der Waals surface area contributed by atoms with E-state index in [0.717, 1.165) is 16.7 Å². The van der Waals surface area contributed by atoms with Gasteiger partial charge in [0.1, 0.15) is 23.1 Å². The number of fused-ring (bicyclic) bond motifs is 1. The minimum Gasteiger partial charge on any atom is -0.496 e. The smallest absolute Gasteiger partial charge is 0.330 e. The SMILES string of the molecule is COc1ccc(C(=O)NC2(C(=O)O)Cc3ccccc3C2)cc1C(C)Oc1cccc(C)c1. The van der Waals surface area contributed by atoms with E-state index in [1.807, 2.05) is 62.4 Å². The van der Waals surface area contributed by atoms with Crippen LogP contribution in [-0.4, -0.2) is 29.6 Å². The first-order valence-corrected chi connectivity index (χ1v) is 10.9. The monoisotopic (exact) mass is 445 g/mol. The number of carbonyl (C=O) groups excluding carboxylic acids is 1. The summed E-state index contributed by atoms with van der Waals surface area (Å²) >= 11 is 0. The fourth-order valence-corrected chi connectivity index (χ4v) is 4.35. The number of hydrogen-bond acceptors (Lipinski definition) is 4. The molecule has 1 aliphatic carbocycles. The number of carboxylic acids is 1. The molecule has 0 bridgehead atoms. The van der Waals surface area contributed by atoms with Gasteiger partial charge < -0.3 is 19.9 Å². The molecule has 1 amide bonds. The van der Waals surface area contributed by atoms with Crippen molar-refractivity contribution in [1.82, 2.24) is 5.32 Å². The van der Waals surface area contributed by atoms with E-state index in [1.165, 1.54) is 0 Å². The number of benzene rings is 3. The van der Waals surface area contributed by atoms with Crippen molar-refractivity contribution in [3.63, 3.8) is 0 Å². The molecule has 33 heavy (non-hydrogen) atoms. The van der Waals surface area contributed by atoms with Crippen molar-refractivity contribution >= 4 is 11.9 Å². The number of rotatable bonds is 7. The largest absolute Gasteiger partial charge is 0.496 e. The molecule has 3 aromatic carbocycles. The van der Waals surface area contributed by atoms with Crippen molar-refractivity contribution < 1.29 is 24.2 Å². The topological polar surface area (TPSA) is 84.9 Å². The molecule has 0 spiro atoms. The first-order valence-electron chi connectivity index (χ1n) is 10.9. The fourth-order valence-electron chi connectivity index (χ4n) is 4.35. The molecule has 6 heteroatoms. The molecule has 0 saturated carbocycles. The van der Waals surface area contributed by atoms with Gasteiger partial charge in [-0.1, -0.05) is 36.4 Å². The summed E-state index contributed by atoms with van der Waals surface area (Å²) in [6.45, 7) is 3.87. The van der Waals surface area contributed by atoms with Crippen LogP contribution >= 0.6 is 0 Å². The van der Waals surface area contributed by atoms with Gasteiger partial charge in [0.05, 0.1) is 7.11 Å². The maximum Gasteiger partial charge on any atom is 0.330 e. The van der Waals surface area contributed by atoms with E-state index in [0.29, 0.717) is 22.6 Å². The summed E-state index contributed by atoms with van der Waals surface area (Å²) in [5.41, 5.74) is 2.64. The second kappa shape index (κ2) is 8.98. The van der Waals surface area contributed by atoms with Crippen LogP contribution in [0.25, 0.3) is 0 Å². The zero-order valence-corrected chi connectivity index (χ0v) is 18.9. The van der Waals surface area contributed by atoms with E-state index in [1.54, 1.807) is 25.3 Å². The summed E-state index contributed by atoms with van der Waals surface area (Å²) in [6, 6.07) is 20.3. The van der Waals surface area contributed by atoms with Crippen LogP contribution in [0.3, 0.4) is 0 Å². The molecule has 1 aliphatic rings. The zero-order chi connectivity index (χ0) is 23.6. The van der Waals surface area contributed by atoms with Crippen LogP contribution < -0.4 is 14.8 Å². The molecular weight excluding hydrogens is 418 g/mol. The number of carboxylic acid groups (broad SMARTS) is 1. The predicted octanol–water partition coefficient (Wildman–Crippen LogP) is 4.50. The van der Waals surface area contributed by atoms with Crippen LogP contribution in [0, 0.1) is 6.92 Å². The van der Waals surface area contributed by atoms with Crippen LogP contribution in [0.5, 0.6) is 11.5 Å². The number of aryl methyl sites for hydroxylation is 1. The number of ether oxygens (including phenoxy) is 2. The minimum absolute atomic E-state index is 0.250. The Kier molecular flexibility index (Phi) is 6.09. The van der Waals surface area contributed by atoms with E-state index < -0.39 is 23.5 Å². The summed E-state index contributed by atoms with van der Waals surface area (Å²) in [5, 5.41) is 12.8. The van der Waals surface area contributed by atoms with Crippen LogP contribution in [0.4, 0.5) is 0 Å². The Morgan fingerprint density at radius 1 is 1.00 bits per heavy atom. The normalized spacial score (nSPS) is 14.8. The Hall–Kier alpha value is -3.80. The molecule has 3 aromatic rings. The molecule has 4 rings (SSSR count). The highest BCUT2D eigenvalue weighted by Gasteiger charge is 2.45. The quantitative estimate of drug-likeness (QED) is 0.560. The van der Waals surface area contributed by atoms with Gasteiger partial charge in [0.15, 0.2) is 0 Å². The highest BCUT2D eigenvalue weighted by molar-refractivity contribution is 5.98. The summed E-state index contributed by atoms with van der Waals surface area (Å²) in [5.74, 6) is -0.185. The van der Waals surface area contributed by atoms with Gasteiger partial charge in [-0.15, -0.1) is 0 Å². The molecule has 0 saturated heterocycles. The van der Waals surface area contributed by atoms with E-state index in [2.05, 4.69) is 5.32 Å². The Morgan fingerprint density at radius 2 is 1.70 bits per heavy atom. The van der Waals surface area contributed by atoms with Gasteiger partial charge >= 0.3 is 5.97 Å². The van der Waals surface area contributed by atoms with E-state index >= 15 is 0 Å². The molecule has 6 nitrogen and oxygen atoms in total. The van der Waals surface area contributed by atoms with E-state index in [9.17, 15) is 14.7 Å². The van der Waals surface area contributed by atoms with Crippen molar-refractivity contribution in [1.29, 1.82) is 0 Å². The number of methoxy groups -OCH3 is 1. The average Bonchev–Trinajstić information content (AvgIpc) is 3.18. The van der Waals surface area contributed by atoms with E-state index in [4.69, 9.17) is 9.47 Å². The third-order valence-electron chi connectivity index (χ3n) is 6.10. The van der Waals surface area contributed by atoms with Gasteiger partial charge in [-0.05, 0) is 60.9 Å². The maximum atomic E-state index is 13.2. The average molecular weight is 446 g/mol. The van der Waals surface area contributed by atoms with Gasteiger partial charge in [0.25, 0.3) is 5.91 Å². The molecule has 0 fully saturated rings. The molecule has 2 N–H and O–H groups in total. The van der Waals surface area contributed by atoms with Crippen molar-refractivity contribution in [2.45, 2.75) is 38.3 Å². The van der Waals surface area contributed by atoms with Gasteiger partial charge in [-0.25, -0.2) is 4.79 Å². The number of carbonyl (C=O) groups is 2. The molecule has 0 aliphatic heterocycles. The van der Waals surface area contributed by atoms with Crippen LogP contribution in [0.15, 0.2) is 66.7 Å². The van der Waals surface area contributed by atoms with Gasteiger partial charge in [0, 0.05) is 24.0 Å². The van der Waals surface area contributed by atoms with Crippen LogP contribution in [0.1, 0.15) is 45.6 Å². The van der Waals surface area contributed by atoms with Crippen molar-refractivity contribution in [3.8, 4) is 11.5 Å². The molecule has 1 atom stereocenters. The second-order valence-corrected chi connectivity index (χ2v) is 8.50. The molecule has 0 radical (unpaired) electrons. The number of aliphatic carboxylic acids is 1. The number of hydrogen-bond donors (Lipinski definition) is 2. The lowest BCUT2D eigenvalue weighted by Crippen LogP contribution is -2.55. The van der Waals surface area contributed by atoms with Gasteiger partial charge in [-0.2, -0.15) is 0 Å². The molecule has 170 valence electrons. The first kappa shape index (κ1) is 22.4. The van der Waals surface area contributed by atoms with E-state index in [-0.39, 0.29) is 12.8 Å². The standard InChI is InChI=1S/C27H27NO5/c1-17-7-6-10-22(13-17)33-18(2)23-14-19(11-12-24(23)32-3)25(29)28-27(26(30)31)15-20-8-4-5-9-21(20)16-27/h4-14,18H,15-16H2,1-3H3,(H,28,29)(H,30,31). The molecule has 0 aromatic heterocycles. The molecule has 1 unspecified atom stereocenters. The number of amides is 1. The Balaban J connectivity index is 1.59. The lowest BCUT2D eigenvalue weighted by molar-refractivity contribution is -0.144. The first-order chi connectivity index (χ1) is 15.8.